The second-order valence-corrected chi connectivity index (χ2v) is 3.98. The highest BCUT2D eigenvalue weighted by molar-refractivity contribution is 14.1. The average molecular weight is 323 g/mol. The third-order valence-corrected chi connectivity index (χ3v) is 2.80. The summed E-state index contributed by atoms with van der Waals surface area (Å²) in [7, 11) is 0. The van der Waals surface area contributed by atoms with Crippen molar-refractivity contribution in [3.63, 3.8) is 0 Å². The largest absolute Gasteiger partial charge is 0.398 e. The molecule has 0 radical (unpaired) electrons. The van der Waals surface area contributed by atoms with Gasteiger partial charge in [-0.25, -0.2) is 0 Å². The quantitative estimate of drug-likeness (QED) is 0.589. The van der Waals surface area contributed by atoms with E-state index in [-0.39, 0.29) is 0 Å². The first-order valence-corrected chi connectivity index (χ1v) is 4.67. The molecule has 0 aliphatic carbocycles. The van der Waals surface area contributed by atoms with E-state index in [0.29, 0.717) is 11.3 Å². The zero-order valence-electron chi connectivity index (χ0n) is 5.44. The highest BCUT2D eigenvalue weighted by Gasteiger charge is 2.02. The molecular formula is C7H4BrIN2. The highest BCUT2D eigenvalue weighted by atomic mass is 127. The second-order valence-electron chi connectivity index (χ2n) is 1.97. The average Bonchev–Trinajstić information content (AvgIpc) is 1.97. The summed E-state index contributed by atoms with van der Waals surface area (Å²) >= 11 is 5.33. The van der Waals surface area contributed by atoms with Gasteiger partial charge in [0, 0.05) is 13.7 Å². The summed E-state index contributed by atoms with van der Waals surface area (Å²) in [6, 6.07) is 5.54. The fourth-order valence-corrected chi connectivity index (χ4v) is 1.56. The van der Waals surface area contributed by atoms with Crippen molar-refractivity contribution >= 4 is 44.2 Å². The maximum absolute atomic E-state index is 8.61. The van der Waals surface area contributed by atoms with Gasteiger partial charge in [-0.2, -0.15) is 5.26 Å². The van der Waals surface area contributed by atoms with E-state index in [9.17, 15) is 0 Å². The third-order valence-electron chi connectivity index (χ3n) is 1.21. The fourth-order valence-electron chi connectivity index (χ4n) is 0.648. The second kappa shape index (κ2) is 3.41. The topological polar surface area (TPSA) is 49.8 Å². The summed E-state index contributed by atoms with van der Waals surface area (Å²) in [5.74, 6) is 0. The Morgan fingerprint density at radius 3 is 2.73 bits per heavy atom. The van der Waals surface area contributed by atoms with Crippen molar-refractivity contribution in [2.24, 2.45) is 0 Å². The first-order valence-electron chi connectivity index (χ1n) is 2.79. The monoisotopic (exact) mass is 322 g/mol. The number of anilines is 1. The van der Waals surface area contributed by atoms with Gasteiger partial charge in [0.05, 0.1) is 5.56 Å². The van der Waals surface area contributed by atoms with Gasteiger partial charge in [0.1, 0.15) is 6.07 Å². The first kappa shape index (κ1) is 8.81. The van der Waals surface area contributed by atoms with Crippen LogP contribution < -0.4 is 5.73 Å². The summed E-state index contributed by atoms with van der Waals surface area (Å²) in [6.45, 7) is 0. The summed E-state index contributed by atoms with van der Waals surface area (Å²) in [4.78, 5) is 0. The van der Waals surface area contributed by atoms with Crippen molar-refractivity contribution in [1.29, 1.82) is 5.26 Å². The van der Waals surface area contributed by atoms with Gasteiger partial charge in [0.15, 0.2) is 0 Å². The summed E-state index contributed by atoms with van der Waals surface area (Å²) in [5, 5.41) is 8.61. The maximum Gasteiger partial charge on any atom is 0.100 e. The van der Waals surface area contributed by atoms with Crippen molar-refractivity contribution in [3.05, 3.63) is 25.7 Å². The Morgan fingerprint density at radius 1 is 1.55 bits per heavy atom. The molecule has 0 heterocycles. The molecule has 0 aliphatic rings. The van der Waals surface area contributed by atoms with Crippen LogP contribution in [0.4, 0.5) is 5.69 Å². The van der Waals surface area contributed by atoms with Crippen LogP contribution in [-0.2, 0) is 0 Å². The van der Waals surface area contributed by atoms with Crippen LogP contribution >= 0.6 is 38.5 Å². The molecule has 0 amide bonds. The lowest BCUT2D eigenvalue weighted by atomic mass is 10.2. The molecule has 2 nitrogen and oxygen atoms in total. The van der Waals surface area contributed by atoms with Gasteiger partial charge in [-0.1, -0.05) is 0 Å². The van der Waals surface area contributed by atoms with E-state index in [2.05, 4.69) is 44.6 Å². The molecule has 4 heteroatoms. The van der Waals surface area contributed by atoms with Gasteiger partial charge >= 0.3 is 0 Å². The zero-order valence-corrected chi connectivity index (χ0v) is 9.18. The van der Waals surface area contributed by atoms with Crippen LogP contribution in [-0.4, -0.2) is 0 Å². The van der Waals surface area contributed by atoms with Crippen molar-refractivity contribution in [2.75, 3.05) is 5.73 Å². The molecule has 11 heavy (non-hydrogen) atoms. The highest BCUT2D eigenvalue weighted by Crippen LogP contribution is 2.24. The molecule has 0 spiro atoms. The van der Waals surface area contributed by atoms with Crippen LogP contribution in [0.5, 0.6) is 0 Å². The predicted molar refractivity (Wildman–Crippen MR) is 56.0 cm³/mol. The molecule has 0 fully saturated rings. The summed E-state index contributed by atoms with van der Waals surface area (Å²) < 4.78 is 1.65. The number of benzene rings is 1. The van der Waals surface area contributed by atoms with E-state index in [1.54, 1.807) is 12.1 Å². The molecule has 56 valence electrons. The lowest BCUT2D eigenvalue weighted by Gasteiger charge is -1.99. The van der Waals surface area contributed by atoms with Crippen LogP contribution in [0.3, 0.4) is 0 Å². The van der Waals surface area contributed by atoms with Crippen molar-refractivity contribution < 1.29 is 0 Å². The van der Waals surface area contributed by atoms with Crippen molar-refractivity contribution in [2.45, 2.75) is 0 Å². The van der Waals surface area contributed by atoms with Crippen LogP contribution in [0, 0.1) is 14.9 Å². The zero-order chi connectivity index (χ0) is 8.43. The minimum Gasteiger partial charge on any atom is -0.398 e. The Labute approximate surface area is 86.7 Å². The van der Waals surface area contributed by atoms with E-state index in [4.69, 9.17) is 11.0 Å². The third kappa shape index (κ3) is 1.84. The van der Waals surface area contributed by atoms with E-state index < -0.39 is 0 Å². The molecule has 0 aromatic heterocycles. The van der Waals surface area contributed by atoms with E-state index in [1.165, 1.54) is 0 Å². The van der Waals surface area contributed by atoms with Gasteiger partial charge in [-0.3, -0.25) is 0 Å². The SMILES string of the molecule is N#Cc1cc(I)c(N)cc1Br. The van der Waals surface area contributed by atoms with Crippen molar-refractivity contribution in [3.8, 4) is 6.07 Å². The van der Waals surface area contributed by atoms with Crippen LogP contribution in [0.1, 0.15) is 5.56 Å². The van der Waals surface area contributed by atoms with Crippen LogP contribution in [0.2, 0.25) is 0 Å². The number of nitriles is 1. The van der Waals surface area contributed by atoms with Gasteiger partial charge in [-0.15, -0.1) is 0 Å². The first-order chi connectivity index (χ1) is 5.15. The van der Waals surface area contributed by atoms with E-state index in [1.807, 2.05) is 0 Å². The number of hydrogen-bond acceptors (Lipinski definition) is 2. The van der Waals surface area contributed by atoms with Gasteiger partial charge in [0.2, 0.25) is 0 Å². The van der Waals surface area contributed by atoms with E-state index in [0.717, 1.165) is 8.04 Å². The minimum absolute atomic E-state index is 0.614. The summed E-state index contributed by atoms with van der Waals surface area (Å²) in [5.41, 5.74) is 6.90. The minimum atomic E-state index is 0.614. The van der Waals surface area contributed by atoms with Gasteiger partial charge in [-0.05, 0) is 50.7 Å². The molecule has 2 N–H and O–H groups in total. The normalized spacial score (nSPS) is 9.18. The number of halogens is 2. The lowest BCUT2D eigenvalue weighted by Crippen LogP contribution is -1.90. The molecule has 1 aromatic carbocycles. The Balaban J connectivity index is 3.35. The molecule has 0 atom stereocenters. The standard InChI is InChI=1S/C7H4BrIN2/c8-5-2-7(11)6(9)1-4(5)3-10/h1-2H,11H2. The molecule has 0 saturated heterocycles. The van der Waals surface area contributed by atoms with Gasteiger partial charge in [0.25, 0.3) is 0 Å². The Morgan fingerprint density at radius 2 is 2.18 bits per heavy atom. The number of hydrogen-bond donors (Lipinski definition) is 1. The molecule has 0 unspecified atom stereocenters. The molecule has 1 aromatic rings. The lowest BCUT2D eigenvalue weighted by molar-refractivity contribution is 1.45. The fraction of sp³-hybridized carbons (Fsp3) is 0. The summed E-state index contributed by atoms with van der Waals surface area (Å²) in [6.07, 6.45) is 0. The van der Waals surface area contributed by atoms with Crippen molar-refractivity contribution in [1.82, 2.24) is 0 Å². The predicted octanol–water partition coefficient (Wildman–Crippen LogP) is 2.51. The number of nitrogens with zero attached hydrogens (tertiary/aromatic N) is 1. The maximum atomic E-state index is 8.61. The Hall–Kier alpha value is -0.280. The van der Waals surface area contributed by atoms with Gasteiger partial charge < -0.3 is 5.73 Å². The molecule has 0 bridgehead atoms. The van der Waals surface area contributed by atoms with Crippen LogP contribution in [0.15, 0.2) is 16.6 Å². The molecule has 1 rings (SSSR count). The number of nitrogens with two attached hydrogens (primary N) is 1. The molecular weight excluding hydrogens is 319 g/mol. The Bertz CT molecular complexity index is 330. The van der Waals surface area contributed by atoms with E-state index >= 15 is 0 Å². The molecule has 0 aliphatic heterocycles. The number of rotatable bonds is 0. The van der Waals surface area contributed by atoms with Crippen LogP contribution in [0.25, 0.3) is 0 Å². The number of nitrogen functional groups attached to an aromatic ring is 1. The Kier molecular flexibility index (Phi) is 2.73. The molecule has 0 saturated carbocycles. The smallest absolute Gasteiger partial charge is 0.100 e.